The molecular weight excluding hydrogens is 278 g/mol. The molecule has 2 rings (SSSR count). The van der Waals surface area contributed by atoms with Gasteiger partial charge in [0.05, 0.1) is 20.3 Å². The fraction of sp³-hybridized carbons (Fsp3) is 0.538. The first-order valence-corrected chi connectivity index (χ1v) is 6.14. The number of alkyl halides is 4. The van der Waals surface area contributed by atoms with E-state index in [9.17, 15) is 17.6 Å². The third-order valence-electron chi connectivity index (χ3n) is 3.16. The molecule has 0 aliphatic carbocycles. The molecule has 0 saturated heterocycles. The third-order valence-corrected chi connectivity index (χ3v) is 3.16. The van der Waals surface area contributed by atoms with Crippen molar-refractivity contribution >= 4 is 0 Å². The number of nitrogens with one attached hydrogen (secondary N) is 1. The average Bonchev–Trinajstić information content (AvgIpc) is 2.44. The van der Waals surface area contributed by atoms with E-state index in [0.717, 1.165) is 0 Å². The van der Waals surface area contributed by atoms with Crippen LogP contribution in [0.1, 0.15) is 18.0 Å². The fourth-order valence-corrected chi connectivity index (χ4v) is 2.05. The van der Waals surface area contributed by atoms with Crippen molar-refractivity contribution in [2.45, 2.75) is 24.8 Å². The lowest BCUT2D eigenvalue weighted by molar-refractivity contribution is -0.126. The highest BCUT2D eigenvalue weighted by molar-refractivity contribution is 5.43. The van der Waals surface area contributed by atoms with E-state index in [1.54, 1.807) is 18.2 Å². The number of rotatable bonds is 5. The van der Waals surface area contributed by atoms with Gasteiger partial charge in [0.2, 0.25) is 0 Å². The molecule has 0 bridgehead atoms. The maximum Gasteiger partial charge on any atom is 0.319 e. The van der Waals surface area contributed by atoms with Gasteiger partial charge in [0, 0.05) is 18.0 Å². The van der Waals surface area contributed by atoms with E-state index in [-0.39, 0.29) is 0 Å². The monoisotopic (exact) mass is 293 g/mol. The second-order valence-corrected chi connectivity index (χ2v) is 4.54. The van der Waals surface area contributed by atoms with Crippen molar-refractivity contribution in [1.29, 1.82) is 0 Å². The molecule has 1 aliphatic heterocycles. The Hall–Kier alpha value is -1.50. The van der Waals surface area contributed by atoms with Crippen LogP contribution in [-0.2, 0) is 0 Å². The fourth-order valence-electron chi connectivity index (χ4n) is 2.05. The standard InChI is InChI=1S/C13H15F4NO2/c1-19-8-2-3-11-9(6-8)10(4-5-20-11)18-7-13(16,17)12(14)15/h2-3,6,10,12,18H,4-5,7H2,1H3. The maximum atomic E-state index is 13.0. The Balaban J connectivity index is 2.12. The summed E-state index contributed by atoms with van der Waals surface area (Å²) in [4.78, 5) is 0. The van der Waals surface area contributed by atoms with Gasteiger partial charge in [-0.1, -0.05) is 0 Å². The van der Waals surface area contributed by atoms with Crippen molar-refractivity contribution < 1.29 is 27.0 Å². The Morgan fingerprint density at radius 3 is 2.85 bits per heavy atom. The van der Waals surface area contributed by atoms with Crippen LogP contribution in [0, 0.1) is 0 Å². The number of hydrogen-bond acceptors (Lipinski definition) is 3. The number of halogens is 4. The summed E-state index contributed by atoms with van der Waals surface area (Å²) >= 11 is 0. The van der Waals surface area contributed by atoms with Crippen LogP contribution in [-0.4, -0.2) is 32.6 Å². The summed E-state index contributed by atoms with van der Waals surface area (Å²) in [7, 11) is 1.48. The first-order chi connectivity index (χ1) is 9.44. The highest BCUT2D eigenvalue weighted by atomic mass is 19.3. The van der Waals surface area contributed by atoms with Gasteiger partial charge >= 0.3 is 12.3 Å². The Bertz CT molecular complexity index is 468. The molecule has 7 heteroatoms. The second kappa shape index (κ2) is 5.87. The molecule has 0 aromatic heterocycles. The molecule has 1 unspecified atom stereocenters. The van der Waals surface area contributed by atoms with Gasteiger partial charge in [0.15, 0.2) is 0 Å². The Morgan fingerprint density at radius 1 is 1.45 bits per heavy atom. The molecule has 1 aliphatic rings. The quantitative estimate of drug-likeness (QED) is 0.847. The molecule has 0 amide bonds. The van der Waals surface area contributed by atoms with E-state index in [2.05, 4.69) is 5.32 Å². The van der Waals surface area contributed by atoms with Gasteiger partial charge in [-0.15, -0.1) is 0 Å². The van der Waals surface area contributed by atoms with Gasteiger partial charge in [-0.3, -0.25) is 0 Å². The Morgan fingerprint density at radius 2 is 2.20 bits per heavy atom. The lowest BCUT2D eigenvalue weighted by Gasteiger charge is -2.28. The lowest BCUT2D eigenvalue weighted by atomic mass is 10.00. The summed E-state index contributed by atoms with van der Waals surface area (Å²) in [5.74, 6) is -2.94. The first kappa shape index (κ1) is 14.9. The van der Waals surface area contributed by atoms with E-state index in [0.29, 0.717) is 30.1 Å². The molecule has 1 N–H and O–H groups in total. The largest absolute Gasteiger partial charge is 0.497 e. The van der Waals surface area contributed by atoms with Gasteiger partial charge in [-0.25, -0.2) is 8.78 Å². The third kappa shape index (κ3) is 3.15. The Kier molecular flexibility index (Phi) is 4.37. The van der Waals surface area contributed by atoms with E-state index >= 15 is 0 Å². The minimum atomic E-state index is -4.04. The van der Waals surface area contributed by atoms with Crippen LogP contribution >= 0.6 is 0 Å². The Labute approximate surface area is 113 Å². The van der Waals surface area contributed by atoms with Crippen molar-refractivity contribution in [3.05, 3.63) is 23.8 Å². The van der Waals surface area contributed by atoms with Crippen molar-refractivity contribution in [3.63, 3.8) is 0 Å². The molecule has 1 atom stereocenters. The van der Waals surface area contributed by atoms with E-state index in [4.69, 9.17) is 9.47 Å². The molecule has 0 saturated carbocycles. The molecule has 0 fully saturated rings. The van der Waals surface area contributed by atoms with Gasteiger partial charge in [0.25, 0.3) is 0 Å². The minimum Gasteiger partial charge on any atom is -0.497 e. The van der Waals surface area contributed by atoms with Crippen LogP contribution in [0.3, 0.4) is 0 Å². The summed E-state index contributed by atoms with van der Waals surface area (Å²) in [6.45, 7) is -0.733. The van der Waals surface area contributed by atoms with Crippen LogP contribution in [0.15, 0.2) is 18.2 Å². The molecule has 0 radical (unpaired) electrons. The van der Waals surface area contributed by atoms with E-state index in [1.807, 2.05) is 0 Å². The zero-order chi connectivity index (χ0) is 14.8. The topological polar surface area (TPSA) is 30.5 Å². The van der Waals surface area contributed by atoms with Crippen molar-refractivity contribution in [2.24, 2.45) is 0 Å². The molecule has 112 valence electrons. The van der Waals surface area contributed by atoms with Gasteiger partial charge in [-0.2, -0.15) is 8.78 Å². The second-order valence-electron chi connectivity index (χ2n) is 4.54. The summed E-state index contributed by atoms with van der Waals surface area (Å²) in [6, 6.07) is 4.56. The predicted octanol–water partition coefficient (Wildman–Crippen LogP) is 3.01. The molecule has 1 aromatic rings. The van der Waals surface area contributed by atoms with Gasteiger partial charge in [0.1, 0.15) is 11.5 Å². The number of fused-ring (bicyclic) bond motifs is 1. The summed E-state index contributed by atoms with van der Waals surface area (Å²) in [5, 5.41) is 2.49. The molecule has 20 heavy (non-hydrogen) atoms. The zero-order valence-electron chi connectivity index (χ0n) is 10.8. The molecule has 1 heterocycles. The molecule has 1 aromatic carbocycles. The van der Waals surface area contributed by atoms with Crippen LogP contribution in [0.2, 0.25) is 0 Å². The van der Waals surface area contributed by atoms with Crippen LogP contribution < -0.4 is 14.8 Å². The summed E-state index contributed by atoms with van der Waals surface area (Å²) in [5.41, 5.74) is 0.640. The number of ether oxygens (including phenoxy) is 2. The summed E-state index contributed by atoms with van der Waals surface area (Å²) < 4.78 is 60.7. The van der Waals surface area contributed by atoms with Crippen molar-refractivity contribution in [1.82, 2.24) is 5.32 Å². The van der Waals surface area contributed by atoms with Crippen LogP contribution in [0.5, 0.6) is 11.5 Å². The molecule has 0 spiro atoms. The normalized spacial score (nSPS) is 18.6. The highest BCUT2D eigenvalue weighted by Gasteiger charge is 2.41. The number of methoxy groups -OCH3 is 1. The van der Waals surface area contributed by atoms with Crippen molar-refractivity contribution in [2.75, 3.05) is 20.3 Å². The van der Waals surface area contributed by atoms with Gasteiger partial charge in [-0.05, 0) is 18.2 Å². The lowest BCUT2D eigenvalue weighted by Crippen LogP contribution is -2.41. The first-order valence-electron chi connectivity index (χ1n) is 6.14. The highest BCUT2D eigenvalue weighted by Crippen LogP contribution is 2.35. The zero-order valence-corrected chi connectivity index (χ0v) is 10.8. The molecular formula is C13H15F4NO2. The number of hydrogen-bond donors (Lipinski definition) is 1. The van der Waals surface area contributed by atoms with E-state index < -0.39 is 24.9 Å². The van der Waals surface area contributed by atoms with Gasteiger partial charge < -0.3 is 14.8 Å². The maximum absolute atomic E-state index is 13.0. The SMILES string of the molecule is COc1ccc2c(c1)C(NCC(F)(F)C(F)F)CCO2. The predicted molar refractivity (Wildman–Crippen MR) is 64.8 cm³/mol. The molecule has 3 nitrogen and oxygen atoms in total. The van der Waals surface area contributed by atoms with Crippen molar-refractivity contribution in [3.8, 4) is 11.5 Å². The number of benzene rings is 1. The van der Waals surface area contributed by atoms with E-state index in [1.165, 1.54) is 7.11 Å². The average molecular weight is 293 g/mol. The van der Waals surface area contributed by atoms with Crippen LogP contribution in [0.4, 0.5) is 17.6 Å². The van der Waals surface area contributed by atoms with Crippen LogP contribution in [0.25, 0.3) is 0 Å². The summed E-state index contributed by atoms with van der Waals surface area (Å²) in [6.07, 6.45) is -3.25. The minimum absolute atomic E-state index is 0.344. The smallest absolute Gasteiger partial charge is 0.319 e.